The summed E-state index contributed by atoms with van der Waals surface area (Å²) in [6, 6.07) is 14.3. The molecule has 0 heterocycles. The van der Waals surface area contributed by atoms with E-state index in [0.29, 0.717) is 17.9 Å². The second-order valence-electron chi connectivity index (χ2n) is 4.61. The first kappa shape index (κ1) is 14.4. The molecule has 0 atom stereocenters. The largest absolute Gasteiger partial charge is 0.397 e. The molecule has 0 radical (unpaired) electrons. The molecule has 0 unspecified atom stereocenters. The number of nitrogen functional groups attached to an aromatic ring is 1. The van der Waals surface area contributed by atoms with Gasteiger partial charge in [0.1, 0.15) is 0 Å². The monoisotopic (exact) mass is 291 g/mol. The topological polar surface area (TPSA) is 89.4 Å². The number of anilines is 2. The third-order valence-corrected chi connectivity index (χ3v) is 3.92. The van der Waals surface area contributed by atoms with Crippen LogP contribution in [-0.4, -0.2) is 15.5 Å². The fourth-order valence-corrected chi connectivity index (χ4v) is 2.51. The van der Waals surface area contributed by atoms with Gasteiger partial charge in [0.25, 0.3) is 0 Å². The number of hydrogen-bond acceptors (Lipinski definition) is 4. The van der Waals surface area contributed by atoms with Crippen molar-refractivity contribution in [3.63, 3.8) is 0 Å². The molecule has 0 bridgehead atoms. The van der Waals surface area contributed by atoms with Gasteiger partial charge < -0.3 is 10.6 Å². The van der Waals surface area contributed by atoms with Gasteiger partial charge in [-0.15, -0.1) is 0 Å². The lowest BCUT2D eigenvalue weighted by Gasteiger charge is -2.21. The molecule has 106 valence electrons. The molecule has 2 aromatic rings. The van der Waals surface area contributed by atoms with Gasteiger partial charge in [-0.3, -0.25) is 0 Å². The lowest BCUT2D eigenvalue weighted by Crippen LogP contribution is -2.19. The zero-order valence-corrected chi connectivity index (χ0v) is 12.0. The van der Waals surface area contributed by atoms with Crippen molar-refractivity contribution in [1.82, 2.24) is 0 Å². The van der Waals surface area contributed by atoms with Gasteiger partial charge in [-0.1, -0.05) is 30.3 Å². The van der Waals surface area contributed by atoms with E-state index in [1.165, 1.54) is 12.1 Å². The summed E-state index contributed by atoms with van der Waals surface area (Å²) in [7, 11) is -1.88. The van der Waals surface area contributed by atoms with E-state index in [0.717, 1.165) is 5.56 Å². The van der Waals surface area contributed by atoms with E-state index < -0.39 is 10.0 Å². The molecular formula is C14H17N3O2S. The summed E-state index contributed by atoms with van der Waals surface area (Å²) in [6.45, 7) is 0.624. The predicted octanol–water partition coefficient (Wildman–Crippen LogP) is 1.55. The van der Waals surface area contributed by atoms with E-state index >= 15 is 0 Å². The lowest BCUT2D eigenvalue weighted by molar-refractivity contribution is 0.598. The van der Waals surface area contributed by atoms with Gasteiger partial charge in [0.05, 0.1) is 16.3 Å². The highest BCUT2D eigenvalue weighted by atomic mass is 32.2. The smallest absolute Gasteiger partial charge is 0.238 e. The van der Waals surface area contributed by atoms with Crippen LogP contribution in [-0.2, 0) is 16.6 Å². The SMILES string of the molecule is CN(Cc1ccccc1)c1cc(S(N)(=O)=O)ccc1N. The highest BCUT2D eigenvalue weighted by Crippen LogP contribution is 2.26. The molecule has 0 amide bonds. The number of nitrogens with two attached hydrogens (primary N) is 2. The zero-order valence-electron chi connectivity index (χ0n) is 11.2. The van der Waals surface area contributed by atoms with E-state index in [2.05, 4.69) is 0 Å². The van der Waals surface area contributed by atoms with Crippen LogP contribution in [0.1, 0.15) is 5.56 Å². The van der Waals surface area contributed by atoms with Crippen LogP contribution in [0.25, 0.3) is 0 Å². The third-order valence-electron chi connectivity index (χ3n) is 3.00. The summed E-state index contributed by atoms with van der Waals surface area (Å²) < 4.78 is 22.8. The predicted molar refractivity (Wildman–Crippen MR) is 80.8 cm³/mol. The van der Waals surface area contributed by atoms with Crippen molar-refractivity contribution < 1.29 is 8.42 Å². The summed E-state index contributed by atoms with van der Waals surface area (Å²) in [5, 5.41) is 5.14. The van der Waals surface area contributed by atoms with Crippen molar-refractivity contribution in [2.75, 3.05) is 17.7 Å². The van der Waals surface area contributed by atoms with Gasteiger partial charge in [-0.2, -0.15) is 0 Å². The summed E-state index contributed by atoms with van der Waals surface area (Å²) in [5.41, 5.74) is 8.17. The summed E-state index contributed by atoms with van der Waals surface area (Å²) >= 11 is 0. The average molecular weight is 291 g/mol. The van der Waals surface area contributed by atoms with Crippen LogP contribution < -0.4 is 15.8 Å². The standard InChI is InChI=1S/C14H17N3O2S/c1-17(10-11-5-3-2-4-6-11)14-9-12(20(16,18)19)7-8-13(14)15/h2-9H,10,15H2,1H3,(H2,16,18,19). The highest BCUT2D eigenvalue weighted by Gasteiger charge is 2.13. The zero-order chi connectivity index (χ0) is 14.8. The molecule has 0 saturated carbocycles. The maximum absolute atomic E-state index is 11.4. The summed E-state index contributed by atoms with van der Waals surface area (Å²) in [6.07, 6.45) is 0. The van der Waals surface area contributed by atoms with Crippen LogP contribution in [0.5, 0.6) is 0 Å². The highest BCUT2D eigenvalue weighted by molar-refractivity contribution is 7.89. The Bertz CT molecular complexity index is 700. The molecule has 4 N–H and O–H groups in total. The van der Waals surface area contributed by atoms with Crippen molar-refractivity contribution in [3.8, 4) is 0 Å². The van der Waals surface area contributed by atoms with Gasteiger partial charge >= 0.3 is 0 Å². The van der Waals surface area contributed by atoms with Crippen molar-refractivity contribution in [3.05, 3.63) is 54.1 Å². The molecule has 6 heteroatoms. The molecule has 20 heavy (non-hydrogen) atoms. The molecule has 0 fully saturated rings. The fraction of sp³-hybridized carbons (Fsp3) is 0.143. The van der Waals surface area contributed by atoms with E-state index in [1.807, 2.05) is 42.3 Å². The Labute approximate surface area is 118 Å². The Kier molecular flexibility index (Phi) is 3.96. The van der Waals surface area contributed by atoms with Crippen molar-refractivity contribution >= 4 is 21.4 Å². The van der Waals surface area contributed by atoms with Gasteiger partial charge in [0.2, 0.25) is 10.0 Å². The van der Waals surface area contributed by atoms with Crippen molar-refractivity contribution in [2.24, 2.45) is 5.14 Å². The Morgan fingerprint density at radius 2 is 1.75 bits per heavy atom. The second kappa shape index (κ2) is 5.52. The van der Waals surface area contributed by atoms with Crippen molar-refractivity contribution in [1.29, 1.82) is 0 Å². The second-order valence-corrected chi connectivity index (χ2v) is 6.17. The molecule has 0 aliphatic carbocycles. The van der Waals surface area contributed by atoms with Crippen LogP contribution in [0.15, 0.2) is 53.4 Å². The summed E-state index contributed by atoms with van der Waals surface area (Å²) in [5.74, 6) is 0. The van der Waals surface area contributed by atoms with Gasteiger partial charge in [-0.25, -0.2) is 13.6 Å². The van der Waals surface area contributed by atoms with Gasteiger partial charge in [0.15, 0.2) is 0 Å². The van der Waals surface area contributed by atoms with Crippen molar-refractivity contribution in [2.45, 2.75) is 11.4 Å². The lowest BCUT2D eigenvalue weighted by atomic mass is 10.2. The molecule has 2 rings (SSSR count). The number of benzene rings is 2. The minimum Gasteiger partial charge on any atom is -0.397 e. The minimum absolute atomic E-state index is 0.0570. The van der Waals surface area contributed by atoms with Crippen LogP contribution in [0.2, 0.25) is 0 Å². The van der Waals surface area contributed by atoms with Crippen LogP contribution in [0, 0.1) is 0 Å². The maximum Gasteiger partial charge on any atom is 0.238 e. The van der Waals surface area contributed by atoms with Gasteiger partial charge in [-0.05, 0) is 23.8 Å². The average Bonchev–Trinajstić information content (AvgIpc) is 2.39. The molecule has 5 nitrogen and oxygen atoms in total. The Hall–Kier alpha value is -2.05. The number of rotatable bonds is 4. The number of hydrogen-bond donors (Lipinski definition) is 2. The number of nitrogens with zero attached hydrogens (tertiary/aromatic N) is 1. The van der Waals surface area contributed by atoms with E-state index in [1.54, 1.807) is 6.07 Å². The number of sulfonamides is 1. The molecule has 2 aromatic carbocycles. The van der Waals surface area contributed by atoms with E-state index in [9.17, 15) is 8.42 Å². The van der Waals surface area contributed by atoms with Crippen LogP contribution in [0.3, 0.4) is 0 Å². The fourth-order valence-electron chi connectivity index (χ4n) is 1.97. The Balaban J connectivity index is 2.32. The Morgan fingerprint density at radius 1 is 1.10 bits per heavy atom. The quantitative estimate of drug-likeness (QED) is 0.836. The Morgan fingerprint density at radius 3 is 2.35 bits per heavy atom. The van der Waals surface area contributed by atoms with Crippen LogP contribution >= 0.6 is 0 Å². The molecule has 0 spiro atoms. The first-order chi connectivity index (χ1) is 9.38. The molecular weight excluding hydrogens is 274 g/mol. The first-order valence-corrected chi connectivity index (χ1v) is 7.60. The normalized spacial score (nSPS) is 11.3. The minimum atomic E-state index is -3.73. The molecule has 0 aromatic heterocycles. The summed E-state index contributed by atoms with van der Waals surface area (Å²) in [4.78, 5) is 1.95. The number of primary sulfonamides is 1. The molecule has 0 aliphatic rings. The maximum atomic E-state index is 11.4. The van der Waals surface area contributed by atoms with Crippen LogP contribution in [0.4, 0.5) is 11.4 Å². The molecule has 0 aliphatic heterocycles. The van der Waals surface area contributed by atoms with E-state index in [4.69, 9.17) is 10.9 Å². The van der Waals surface area contributed by atoms with E-state index in [-0.39, 0.29) is 4.90 Å². The third kappa shape index (κ3) is 3.28. The van der Waals surface area contributed by atoms with Gasteiger partial charge in [0, 0.05) is 13.6 Å². The first-order valence-electron chi connectivity index (χ1n) is 6.05. The molecule has 0 saturated heterocycles.